The van der Waals surface area contributed by atoms with E-state index in [2.05, 4.69) is 45.3 Å². The van der Waals surface area contributed by atoms with E-state index in [0.717, 1.165) is 73.9 Å². The molecule has 1 aliphatic heterocycles. The van der Waals surface area contributed by atoms with Crippen LogP contribution in [0.3, 0.4) is 0 Å². The monoisotopic (exact) mass is 426 g/mol. The molecular weight excluding hydrogens is 392 g/mol. The van der Waals surface area contributed by atoms with Crippen molar-refractivity contribution in [2.24, 2.45) is 0 Å². The number of aromatic nitrogens is 2. The Morgan fingerprint density at radius 1 is 1.23 bits per heavy atom. The number of aryl methyl sites for hydroxylation is 1. The molecule has 1 saturated heterocycles. The highest BCUT2D eigenvalue weighted by Gasteiger charge is 2.24. The molecule has 7 heteroatoms. The number of benzene rings is 1. The van der Waals surface area contributed by atoms with Gasteiger partial charge in [-0.2, -0.15) is 0 Å². The Labute approximate surface area is 184 Å². The van der Waals surface area contributed by atoms with E-state index in [1.807, 2.05) is 26.2 Å². The van der Waals surface area contributed by atoms with Gasteiger partial charge in [-0.15, -0.1) is 0 Å². The molecule has 1 unspecified atom stereocenters. The maximum Gasteiger partial charge on any atom is 0.303 e. The third kappa shape index (κ3) is 5.94. The van der Waals surface area contributed by atoms with Crippen LogP contribution in [0.1, 0.15) is 63.8 Å². The topological polar surface area (TPSA) is 87.6 Å². The molecule has 2 N–H and O–H groups in total. The van der Waals surface area contributed by atoms with Gasteiger partial charge in [-0.3, -0.25) is 4.79 Å². The van der Waals surface area contributed by atoms with Gasteiger partial charge in [0.25, 0.3) is 0 Å². The van der Waals surface area contributed by atoms with Gasteiger partial charge in [0.2, 0.25) is 0 Å². The van der Waals surface area contributed by atoms with Crippen LogP contribution < -0.4 is 10.2 Å². The van der Waals surface area contributed by atoms with Crippen molar-refractivity contribution in [1.82, 2.24) is 9.97 Å². The van der Waals surface area contributed by atoms with Crippen molar-refractivity contribution in [1.29, 1.82) is 0 Å². The lowest BCUT2D eigenvalue weighted by atomic mass is 9.92. The van der Waals surface area contributed by atoms with E-state index in [-0.39, 0.29) is 12.3 Å². The molecule has 1 fully saturated rings. The quantitative estimate of drug-likeness (QED) is 0.566. The molecule has 0 bridgehead atoms. The smallest absolute Gasteiger partial charge is 0.303 e. The normalized spacial score (nSPS) is 15.5. The SMILES string of the molecule is CCc1ncc(Nc2cc(C(CC)CC(=O)O)ccc2N(CC)C2CCOCC2)cn1. The number of carboxylic acid groups (broad SMARTS) is 1. The molecule has 1 aromatic heterocycles. The van der Waals surface area contributed by atoms with Crippen molar-refractivity contribution >= 4 is 23.0 Å². The number of carbonyl (C=O) groups is 1. The molecule has 0 saturated carbocycles. The Hall–Kier alpha value is -2.67. The van der Waals surface area contributed by atoms with Crippen LogP contribution in [0.2, 0.25) is 0 Å². The zero-order chi connectivity index (χ0) is 22.2. The van der Waals surface area contributed by atoms with Gasteiger partial charge in [0, 0.05) is 32.2 Å². The Bertz CT molecular complexity index is 850. The second-order valence-corrected chi connectivity index (χ2v) is 7.98. The standard InChI is InChI=1S/C24H34N4O3/c1-4-17(14-24(29)30)18-7-8-22(28(6-3)20-9-11-31-12-10-20)21(13-18)27-19-15-25-23(5-2)26-16-19/h7-8,13,15-17,20,27H,4-6,9-12,14H2,1-3H3,(H,29,30). The molecule has 31 heavy (non-hydrogen) atoms. The fourth-order valence-electron chi connectivity index (χ4n) is 4.25. The van der Waals surface area contributed by atoms with Gasteiger partial charge >= 0.3 is 5.97 Å². The summed E-state index contributed by atoms with van der Waals surface area (Å²) in [7, 11) is 0. The Morgan fingerprint density at radius 3 is 2.52 bits per heavy atom. The molecular formula is C24H34N4O3. The molecule has 0 radical (unpaired) electrons. The Balaban J connectivity index is 1.97. The average Bonchev–Trinajstić information content (AvgIpc) is 2.80. The van der Waals surface area contributed by atoms with Gasteiger partial charge in [0.1, 0.15) is 5.82 Å². The summed E-state index contributed by atoms with van der Waals surface area (Å²) in [6.45, 7) is 8.69. The summed E-state index contributed by atoms with van der Waals surface area (Å²) in [5.41, 5.74) is 3.93. The molecule has 2 heterocycles. The van der Waals surface area contributed by atoms with Crippen LogP contribution in [0, 0.1) is 0 Å². The molecule has 1 aliphatic rings. The van der Waals surface area contributed by atoms with Crippen LogP contribution in [0.5, 0.6) is 0 Å². The summed E-state index contributed by atoms with van der Waals surface area (Å²) in [6, 6.07) is 6.73. The van der Waals surface area contributed by atoms with E-state index in [9.17, 15) is 9.90 Å². The first-order chi connectivity index (χ1) is 15.0. The lowest BCUT2D eigenvalue weighted by molar-refractivity contribution is -0.137. The van der Waals surface area contributed by atoms with Crippen molar-refractivity contribution in [3.8, 4) is 0 Å². The van der Waals surface area contributed by atoms with Crippen LogP contribution in [0.15, 0.2) is 30.6 Å². The Morgan fingerprint density at radius 2 is 1.94 bits per heavy atom. The van der Waals surface area contributed by atoms with Crippen LogP contribution >= 0.6 is 0 Å². The molecule has 0 amide bonds. The maximum absolute atomic E-state index is 11.4. The zero-order valence-corrected chi connectivity index (χ0v) is 18.8. The summed E-state index contributed by atoms with van der Waals surface area (Å²) < 4.78 is 5.57. The minimum atomic E-state index is -0.772. The Kier molecular flexibility index (Phi) is 8.23. The molecule has 0 aliphatic carbocycles. The predicted molar refractivity (Wildman–Crippen MR) is 123 cm³/mol. The number of anilines is 3. The first kappa shape index (κ1) is 23.0. The molecule has 1 atom stereocenters. The number of hydrogen-bond donors (Lipinski definition) is 2. The molecule has 7 nitrogen and oxygen atoms in total. The van der Waals surface area contributed by atoms with Crippen molar-refractivity contribution in [2.45, 2.75) is 64.8 Å². The summed E-state index contributed by atoms with van der Waals surface area (Å²) in [6.07, 6.45) is 7.31. The van der Waals surface area contributed by atoms with Crippen molar-refractivity contribution < 1.29 is 14.6 Å². The van der Waals surface area contributed by atoms with Crippen LogP contribution in [0.4, 0.5) is 17.1 Å². The number of aliphatic carboxylic acids is 1. The minimum Gasteiger partial charge on any atom is -0.481 e. The highest BCUT2D eigenvalue weighted by atomic mass is 16.5. The first-order valence-corrected chi connectivity index (χ1v) is 11.3. The number of hydrogen-bond acceptors (Lipinski definition) is 6. The predicted octanol–water partition coefficient (Wildman–Crippen LogP) is 4.76. The van der Waals surface area contributed by atoms with Gasteiger partial charge in [-0.25, -0.2) is 9.97 Å². The fourth-order valence-corrected chi connectivity index (χ4v) is 4.25. The van der Waals surface area contributed by atoms with E-state index >= 15 is 0 Å². The average molecular weight is 427 g/mol. The number of nitrogens with one attached hydrogen (secondary N) is 1. The van der Waals surface area contributed by atoms with E-state index < -0.39 is 5.97 Å². The van der Waals surface area contributed by atoms with E-state index in [0.29, 0.717) is 6.04 Å². The largest absolute Gasteiger partial charge is 0.481 e. The summed E-state index contributed by atoms with van der Waals surface area (Å²) >= 11 is 0. The van der Waals surface area contributed by atoms with Crippen molar-refractivity contribution in [3.63, 3.8) is 0 Å². The third-order valence-corrected chi connectivity index (χ3v) is 5.99. The lowest BCUT2D eigenvalue weighted by Crippen LogP contribution is -2.39. The van der Waals surface area contributed by atoms with E-state index in [4.69, 9.17) is 4.74 Å². The molecule has 3 rings (SSSR count). The highest BCUT2D eigenvalue weighted by molar-refractivity contribution is 5.77. The minimum absolute atomic E-state index is 0.0241. The fraction of sp³-hybridized carbons (Fsp3) is 0.542. The molecule has 0 spiro atoms. The van der Waals surface area contributed by atoms with Crippen molar-refractivity contribution in [3.05, 3.63) is 42.0 Å². The van der Waals surface area contributed by atoms with Crippen molar-refractivity contribution in [2.75, 3.05) is 30.0 Å². The number of nitrogens with zero attached hydrogens (tertiary/aromatic N) is 3. The number of carboxylic acids is 1. The zero-order valence-electron chi connectivity index (χ0n) is 18.8. The van der Waals surface area contributed by atoms with Gasteiger partial charge in [0.05, 0.1) is 35.9 Å². The second kappa shape index (κ2) is 11.1. The summed E-state index contributed by atoms with van der Waals surface area (Å²) in [5, 5.41) is 12.8. The third-order valence-electron chi connectivity index (χ3n) is 5.99. The lowest BCUT2D eigenvalue weighted by Gasteiger charge is -2.36. The molecule has 1 aromatic carbocycles. The maximum atomic E-state index is 11.4. The summed E-state index contributed by atoms with van der Waals surface area (Å²) in [4.78, 5) is 22.6. The van der Waals surface area contributed by atoms with Gasteiger partial charge in [0.15, 0.2) is 0 Å². The van der Waals surface area contributed by atoms with Gasteiger partial charge in [-0.05, 0) is 49.8 Å². The summed E-state index contributed by atoms with van der Waals surface area (Å²) in [5.74, 6) is 0.0137. The van der Waals surface area contributed by atoms with Crippen LogP contribution in [-0.2, 0) is 16.0 Å². The van der Waals surface area contributed by atoms with Gasteiger partial charge < -0.3 is 20.1 Å². The van der Waals surface area contributed by atoms with Gasteiger partial charge in [-0.1, -0.05) is 19.9 Å². The van der Waals surface area contributed by atoms with Crippen LogP contribution in [-0.4, -0.2) is 46.8 Å². The second-order valence-electron chi connectivity index (χ2n) is 7.98. The number of ether oxygens (including phenoxy) is 1. The van der Waals surface area contributed by atoms with E-state index in [1.54, 1.807) is 0 Å². The van der Waals surface area contributed by atoms with Crippen LogP contribution in [0.25, 0.3) is 0 Å². The highest BCUT2D eigenvalue weighted by Crippen LogP contribution is 2.36. The molecule has 2 aromatic rings. The number of rotatable bonds is 10. The first-order valence-electron chi connectivity index (χ1n) is 11.3. The molecule has 168 valence electrons. The van der Waals surface area contributed by atoms with E-state index in [1.165, 1.54) is 0 Å².